The van der Waals surface area contributed by atoms with E-state index in [-0.39, 0.29) is 11.9 Å². The summed E-state index contributed by atoms with van der Waals surface area (Å²) in [6.45, 7) is 0.977. The Morgan fingerprint density at radius 2 is 2.28 bits per heavy atom. The lowest BCUT2D eigenvalue weighted by molar-refractivity contribution is -0.130. The minimum Gasteiger partial charge on any atom is -0.465 e. The van der Waals surface area contributed by atoms with Crippen molar-refractivity contribution in [2.24, 2.45) is 0 Å². The molecule has 1 aromatic heterocycles. The molecule has 0 radical (unpaired) electrons. The Hall–Kier alpha value is -2.54. The number of aryl methyl sites for hydroxylation is 1. The van der Waals surface area contributed by atoms with Gasteiger partial charge in [0.25, 0.3) is 0 Å². The Balaban J connectivity index is 1.59. The van der Waals surface area contributed by atoms with E-state index in [0.717, 1.165) is 11.1 Å². The van der Waals surface area contributed by atoms with Crippen molar-refractivity contribution in [2.75, 3.05) is 13.1 Å². The maximum atomic E-state index is 12.4. The fourth-order valence-electron chi connectivity index (χ4n) is 2.98. The van der Waals surface area contributed by atoms with Crippen LogP contribution in [0.3, 0.4) is 0 Å². The molecule has 8 heteroatoms. The number of likely N-dealkylation sites (tertiary alicyclic amines) is 1. The van der Waals surface area contributed by atoms with E-state index in [1.54, 1.807) is 23.2 Å². The molecule has 0 aliphatic carbocycles. The molecule has 1 aromatic carbocycles. The predicted octanol–water partition coefficient (Wildman–Crippen LogP) is 2.80. The van der Waals surface area contributed by atoms with Gasteiger partial charge in [0, 0.05) is 35.7 Å². The van der Waals surface area contributed by atoms with Crippen LogP contribution in [0.1, 0.15) is 18.4 Å². The van der Waals surface area contributed by atoms with Gasteiger partial charge in [-0.2, -0.15) is 0 Å². The van der Waals surface area contributed by atoms with Gasteiger partial charge < -0.3 is 19.8 Å². The Kier molecular flexibility index (Phi) is 5.23. The second-order valence-corrected chi connectivity index (χ2v) is 6.40. The number of carbonyl (C=O) groups excluding carboxylic acids is 1. The third kappa shape index (κ3) is 4.30. The van der Waals surface area contributed by atoms with Gasteiger partial charge in [0.2, 0.25) is 5.91 Å². The van der Waals surface area contributed by atoms with Crippen LogP contribution >= 0.6 is 11.6 Å². The fraction of sp³-hybridized carbons (Fsp3) is 0.353. The molecule has 0 spiro atoms. The topological polar surface area (TPSA) is 95.7 Å². The van der Waals surface area contributed by atoms with Crippen molar-refractivity contribution in [2.45, 2.75) is 25.3 Å². The van der Waals surface area contributed by atoms with E-state index in [4.69, 9.17) is 21.2 Å². The molecule has 2 amide bonds. The number of benzene rings is 1. The van der Waals surface area contributed by atoms with Gasteiger partial charge in [-0.15, -0.1) is 0 Å². The molecule has 1 atom stereocenters. The fourth-order valence-corrected chi connectivity index (χ4v) is 3.18. The zero-order chi connectivity index (χ0) is 17.8. The minimum absolute atomic E-state index is 0.00654. The normalized spacial score (nSPS) is 16.8. The van der Waals surface area contributed by atoms with Crippen LogP contribution in [-0.4, -0.2) is 46.3 Å². The lowest BCUT2D eigenvalue weighted by Crippen LogP contribution is -2.37. The summed E-state index contributed by atoms with van der Waals surface area (Å²) in [5.74, 6) is 0.607. The number of nitrogens with one attached hydrogen (secondary N) is 1. The van der Waals surface area contributed by atoms with Crippen molar-refractivity contribution < 1.29 is 19.2 Å². The summed E-state index contributed by atoms with van der Waals surface area (Å²) < 4.78 is 5.32. The number of hydrogen-bond donors (Lipinski definition) is 2. The van der Waals surface area contributed by atoms with Crippen molar-refractivity contribution in [1.29, 1.82) is 0 Å². The summed E-state index contributed by atoms with van der Waals surface area (Å²) in [5.41, 5.74) is 1.66. The summed E-state index contributed by atoms with van der Waals surface area (Å²) in [4.78, 5) is 24.7. The average Bonchev–Trinajstić information content (AvgIpc) is 3.21. The second kappa shape index (κ2) is 7.57. The van der Waals surface area contributed by atoms with E-state index in [9.17, 15) is 9.59 Å². The number of hydrogen-bond acceptors (Lipinski definition) is 4. The molecule has 25 heavy (non-hydrogen) atoms. The highest BCUT2D eigenvalue weighted by atomic mass is 35.5. The van der Waals surface area contributed by atoms with Crippen molar-refractivity contribution in [3.8, 4) is 11.3 Å². The Labute approximate surface area is 149 Å². The number of carbonyl (C=O) groups is 2. The van der Waals surface area contributed by atoms with Gasteiger partial charge in [0.1, 0.15) is 0 Å². The molecule has 0 unspecified atom stereocenters. The lowest BCUT2D eigenvalue weighted by Gasteiger charge is -2.16. The summed E-state index contributed by atoms with van der Waals surface area (Å²) in [6.07, 6.45) is 2.00. The Morgan fingerprint density at radius 1 is 1.44 bits per heavy atom. The lowest BCUT2D eigenvalue weighted by atomic mass is 10.1. The van der Waals surface area contributed by atoms with Crippen molar-refractivity contribution in [3.63, 3.8) is 0 Å². The van der Waals surface area contributed by atoms with Crippen LogP contribution in [-0.2, 0) is 11.2 Å². The van der Waals surface area contributed by atoms with Crippen LogP contribution in [0, 0.1) is 0 Å². The molecule has 7 nitrogen and oxygen atoms in total. The van der Waals surface area contributed by atoms with Crippen LogP contribution < -0.4 is 5.32 Å². The van der Waals surface area contributed by atoms with Crippen LogP contribution in [0.4, 0.5) is 4.79 Å². The molecule has 2 aromatic rings. The molecule has 2 heterocycles. The molecule has 1 fully saturated rings. The number of nitrogens with zero attached hydrogens (tertiary/aromatic N) is 2. The quantitative estimate of drug-likeness (QED) is 0.851. The third-order valence-electron chi connectivity index (χ3n) is 4.21. The maximum absolute atomic E-state index is 12.4. The average molecular weight is 364 g/mol. The molecule has 3 rings (SSSR count). The van der Waals surface area contributed by atoms with Gasteiger partial charge in [-0.25, -0.2) is 4.79 Å². The molecule has 1 aliphatic rings. The van der Waals surface area contributed by atoms with E-state index in [1.165, 1.54) is 0 Å². The monoisotopic (exact) mass is 363 g/mol. The van der Waals surface area contributed by atoms with Crippen LogP contribution in [0.25, 0.3) is 11.3 Å². The van der Waals surface area contributed by atoms with E-state index in [1.807, 2.05) is 12.1 Å². The van der Waals surface area contributed by atoms with E-state index < -0.39 is 6.09 Å². The maximum Gasteiger partial charge on any atom is 0.404 e. The van der Waals surface area contributed by atoms with Gasteiger partial charge in [-0.1, -0.05) is 28.9 Å². The Bertz CT molecular complexity index is 777. The number of aromatic nitrogens is 1. The molecule has 1 aliphatic heterocycles. The molecule has 2 N–H and O–H groups in total. The highest BCUT2D eigenvalue weighted by Crippen LogP contribution is 2.27. The summed E-state index contributed by atoms with van der Waals surface area (Å²) in [6, 6.07) is 7.07. The third-order valence-corrected chi connectivity index (χ3v) is 4.44. The zero-order valence-electron chi connectivity index (χ0n) is 13.4. The van der Waals surface area contributed by atoms with Gasteiger partial charge in [0.15, 0.2) is 5.76 Å². The van der Waals surface area contributed by atoms with Crippen LogP contribution in [0.15, 0.2) is 35.0 Å². The first-order chi connectivity index (χ1) is 12.0. The number of rotatable bonds is 5. The van der Waals surface area contributed by atoms with Gasteiger partial charge >= 0.3 is 6.09 Å². The largest absolute Gasteiger partial charge is 0.465 e. The van der Waals surface area contributed by atoms with Crippen LogP contribution in [0.5, 0.6) is 0 Å². The standard InChI is InChI=1S/C17H18ClN3O4/c18-13-3-1-2-11(8-13)16-12(9-19-25-16)4-5-15(22)21-7-6-14(10-21)20-17(23)24/h1-3,8-9,14,20H,4-7,10H2,(H,23,24)/t14-/m0/s1. The number of halogens is 1. The van der Waals surface area contributed by atoms with Crippen molar-refractivity contribution in [3.05, 3.63) is 41.0 Å². The van der Waals surface area contributed by atoms with Crippen molar-refractivity contribution >= 4 is 23.6 Å². The molecule has 0 bridgehead atoms. The number of carboxylic acid groups (broad SMARTS) is 1. The van der Waals surface area contributed by atoms with E-state index >= 15 is 0 Å². The smallest absolute Gasteiger partial charge is 0.404 e. The van der Waals surface area contributed by atoms with Crippen LogP contribution in [0.2, 0.25) is 5.02 Å². The first-order valence-corrected chi connectivity index (χ1v) is 8.37. The second-order valence-electron chi connectivity index (χ2n) is 5.97. The van der Waals surface area contributed by atoms with Gasteiger partial charge in [-0.3, -0.25) is 4.79 Å². The highest BCUT2D eigenvalue weighted by molar-refractivity contribution is 6.30. The number of amides is 2. The summed E-state index contributed by atoms with van der Waals surface area (Å²) in [7, 11) is 0. The molecule has 132 valence electrons. The first-order valence-electron chi connectivity index (χ1n) is 7.99. The first kappa shape index (κ1) is 17.3. The summed E-state index contributed by atoms with van der Waals surface area (Å²) >= 11 is 6.01. The highest BCUT2D eigenvalue weighted by Gasteiger charge is 2.27. The van der Waals surface area contributed by atoms with Gasteiger partial charge in [0.05, 0.1) is 12.2 Å². The van der Waals surface area contributed by atoms with Crippen molar-refractivity contribution in [1.82, 2.24) is 15.4 Å². The zero-order valence-corrected chi connectivity index (χ0v) is 14.2. The SMILES string of the molecule is O=C(O)N[C@H]1CCN(C(=O)CCc2cnoc2-c2cccc(Cl)c2)C1. The Morgan fingerprint density at radius 3 is 3.04 bits per heavy atom. The molecule has 0 saturated carbocycles. The van der Waals surface area contributed by atoms with Gasteiger partial charge in [-0.05, 0) is 25.0 Å². The molecular weight excluding hydrogens is 346 g/mol. The summed E-state index contributed by atoms with van der Waals surface area (Å²) in [5, 5.41) is 15.6. The van der Waals surface area contributed by atoms with E-state index in [2.05, 4.69) is 10.5 Å². The minimum atomic E-state index is -1.06. The van der Waals surface area contributed by atoms with E-state index in [0.29, 0.717) is 43.1 Å². The molecular formula is C17H18ClN3O4. The molecule has 1 saturated heterocycles. The predicted molar refractivity (Wildman–Crippen MR) is 91.4 cm³/mol.